The molecule has 2 aromatic rings. The Morgan fingerprint density at radius 1 is 1.33 bits per heavy atom. The van der Waals surface area contributed by atoms with Gasteiger partial charge in [0.1, 0.15) is 5.54 Å². The molecule has 1 aliphatic rings. The normalized spacial score (nSPS) is 23.1. The number of amides is 1. The van der Waals surface area contributed by atoms with Gasteiger partial charge in [-0.1, -0.05) is 35.9 Å². The number of nitrogens with two attached hydrogens (primary N) is 1. The van der Waals surface area contributed by atoms with Gasteiger partial charge in [0.2, 0.25) is 5.91 Å². The van der Waals surface area contributed by atoms with Crippen LogP contribution >= 0.6 is 22.9 Å². The molecule has 0 spiro atoms. The zero-order valence-corrected chi connectivity index (χ0v) is 17.2. The summed E-state index contributed by atoms with van der Waals surface area (Å²) in [5.74, 6) is -0.530. The minimum atomic E-state index is -0.898. The van der Waals surface area contributed by atoms with Crippen LogP contribution in [0.4, 0.5) is 0 Å². The Labute approximate surface area is 168 Å². The van der Waals surface area contributed by atoms with E-state index >= 15 is 0 Å². The van der Waals surface area contributed by atoms with Gasteiger partial charge in [-0.05, 0) is 43.3 Å². The second kappa shape index (κ2) is 6.66. The molecule has 0 saturated carbocycles. The molecule has 0 aliphatic carbocycles. The lowest BCUT2D eigenvalue weighted by atomic mass is 9.76. The van der Waals surface area contributed by atoms with E-state index in [2.05, 4.69) is 11.1 Å². The number of carbonyl (C=O) groups is 1. The smallest absolute Gasteiger partial charge is 0.239 e. The number of aliphatic imine (C=N–C) groups is 1. The Bertz CT molecular complexity index is 957. The third-order valence-electron chi connectivity index (χ3n) is 5.15. The van der Waals surface area contributed by atoms with Gasteiger partial charge in [0.15, 0.2) is 5.96 Å². The van der Waals surface area contributed by atoms with E-state index in [9.17, 15) is 10.1 Å². The van der Waals surface area contributed by atoms with Crippen LogP contribution in [0.3, 0.4) is 0 Å². The SMILES string of the molecule is CN1C(=O)C(c2ccc(C(C)(C)C#N)cc2)[C@@](C)(c2sccc2Cl)N=C1N. The summed E-state index contributed by atoms with van der Waals surface area (Å²) >= 11 is 7.85. The highest BCUT2D eigenvalue weighted by molar-refractivity contribution is 7.10. The fourth-order valence-electron chi connectivity index (χ4n) is 3.39. The van der Waals surface area contributed by atoms with Gasteiger partial charge in [-0.2, -0.15) is 5.26 Å². The number of nitrogens with zero attached hydrogens (tertiary/aromatic N) is 3. The standard InChI is InChI=1S/C20H21ClN4OS/c1-19(2,11-22)13-7-5-12(6-8-13)15-17(26)25(4)18(23)24-20(15,3)16-14(21)9-10-27-16/h5-10,15H,1-4H3,(H2,23,24)/t15?,20-/m0/s1. The van der Waals surface area contributed by atoms with Crippen LogP contribution in [0.15, 0.2) is 40.7 Å². The number of nitriles is 1. The molecule has 0 saturated heterocycles. The van der Waals surface area contributed by atoms with Gasteiger partial charge in [0.25, 0.3) is 0 Å². The topological polar surface area (TPSA) is 82.5 Å². The number of hydrogen-bond acceptors (Lipinski definition) is 5. The molecule has 1 amide bonds. The van der Waals surface area contributed by atoms with Gasteiger partial charge in [-0.25, -0.2) is 4.99 Å². The lowest BCUT2D eigenvalue weighted by Gasteiger charge is -2.40. The molecule has 5 nitrogen and oxygen atoms in total. The fourth-order valence-corrected chi connectivity index (χ4v) is 4.77. The maximum Gasteiger partial charge on any atom is 0.239 e. The second-order valence-corrected chi connectivity index (χ2v) is 8.73. The average Bonchev–Trinajstić information content (AvgIpc) is 3.07. The average molecular weight is 401 g/mol. The van der Waals surface area contributed by atoms with E-state index in [1.54, 1.807) is 13.1 Å². The van der Waals surface area contributed by atoms with Crippen molar-refractivity contribution in [3.05, 3.63) is 56.7 Å². The second-order valence-electron chi connectivity index (χ2n) is 7.40. The molecule has 1 aromatic carbocycles. The monoisotopic (exact) mass is 400 g/mol. The highest BCUT2D eigenvalue weighted by Crippen LogP contribution is 2.48. The Balaban J connectivity index is 2.15. The van der Waals surface area contributed by atoms with Crippen molar-refractivity contribution in [2.24, 2.45) is 10.7 Å². The van der Waals surface area contributed by atoms with Crippen molar-refractivity contribution in [2.45, 2.75) is 37.6 Å². The number of halogens is 1. The number of guanidine groups is 1. The number of carbonyl (C=O) groups excluding carboxylic acids is 1. The van der Waals surface area contributed by atoms with Crippen LogP contribution < -0.4 is 5.73 Å². The van der Waals surface area contributed by atoms with Crippen molar-refractivity contribution >= 4 is 34.8 Å². The molecule has 3 rings (SSSR count). The van der Waals surface area contributed by atoms with E-state index in [4.69, 9.17) is 17.3 Å². The summed E-state index contributed by atoms with van der Waals surface area (Å²) in [6, 6.07) is 11.7. The third-order valence-corrected chi connectivity index (χ3v) is 6.72. The van der Waals surface area contributed by atoms with E-state index in [0.717, 1.165) is 16.0 Å². The van der Waals surface area contributed by atoms with Crippen LogP contribution in [0.1, 0.15) is 42.7 Å². The Morgan fingerprint density at radius 2 is 1.96 bits per heavy atom. The number of rotatable bonds is 3. The summed E-state index contributed by atoms with van der Waals surface area (Å²) in [7, 11) is 1.62. The zero-order valence-electron chi connectivity index (χ0n) is 15.7. The van der Waals surface area contributed by atoms with E-state index in [1.165, 1.54) is 16.2 Å². The highest BCUT2D eigenvalue weighted by atomic mass is 35.5. The molecule has 1 unspecified atom stereocenters. The third kappa shape index (κ3) is 3.11. The minimum Gasteiger partial charge on any atom is -0.369 e. The van der Waals surface area contributed by atoms with E-state index < -0.39 is 16.9 Å². The number of benzene rings is 1. The van der Waals surface area contributed by atoms with Gasteiger partial charge in [0.05, 0.1) is 27.3 Å². The number of likely N-dealkylation sites (N-methyl/N-ethyl adjacent to an activating group) is 1. The molecule has 0 fully saturated rings. The maximum atomic E-state index is 13.2. The van der Waals surface area contributed by atoms with Crippen molar-refractivity contribution in [3.8, 4) is 6.07 Å². The van der Waals surface area contributed by atoms with Gasteiger partial charge < -0.3 is 5.73 Å². The van der Waals surface area contributed by atoms with Gasteiger partial charge in [-0.15, -0.1) is 11.3 Å². The van der Waals surface area contributed by atoms with Gasteiger partial charge in [0, 0.05) is 7.05 Å². The first kappa shape index (κ1) is 19.4. The summed E-state index contributed by atoms with van der Waals surface area (Å²) in [6.07, 6.45) is 0. The predicted octanol–water partition coefficient (Wildman–Crippen LogP) is 3.99. The lowest BCUT2D eigenvalue weighted by molar-refractivity contribution is -0.130. The highest BCUT2D eigenvalue weighted by Gasteiger charge is 2.48. The summed E-state index contributed by atoms with van der Waals surface area (Å²) in [6.45, 7) is 5.62. The maximum absolute atomic E-state index is 13.2. The quantitative estimate of drug-likeness (QED) is 0.845. The van der Waals surface area contributed by atoms with Crippen molar-refractivity contribution in [3.63, 3.8) is 0 Å². The van der Waals surface area contributed by atoms with Crippen LogP contribution in [0.5, 0.6) is 0 Å². The number of hydrogen-bond donors (Lipinski definition) is 1. The van der Waals surface area contributed by atoms with Gasteiger partial charge >= 0.3 is 0 Å². The largest absolute Gasteiger partial charge is 0.369 e. The van der Waals surface area contributed by atoms with E-state index in [1.807, 2.05) is 50.4 Å². The van der Waals surface area contributed by atoms with Crippen LogP contribution in [0.2, 0.25) is 5.02 Å². The first-order valence-electron chi connectivity index (χ1n) is 8.50. The van der Waals surface area contributed by atoms with Crippen molar-refractivity contribution in [1.82, 2.24) is 4.90 Å². The summed E-state index contributed by atoms with van der Waals surface area (Å²) in [5.41, 5.74) is 6.23. The molecule has 2 heterocycles. The van der Waals surface area contributed by atoms with Crippen LogP contribution in [0, 0.1) is 11.3 Å². The first-order chi connectivity index (χ1) is 12.6. The van der Waals surface area contributed by atoms with Crippen molar-refractivity contribution in [1.29, 1.82) is 5.26 Å². The molecule has 27 heavy (non-hydrogen) atoms. The van der Waals surface area contributed by atoms with E-state index in [0.29, 0.717) is 5.02 Å². The van der Waals surface area contributed by atoms with Crippen LogP contribution in [0.25, 0.3) is 0 Å². The molecule has 1 aliphatic heterocycles. The van der Waals surface area contributed by atoms with Crippen LogP contribution in [-0.4, -0.2) is 23.8 Å². The summed E-state index contributed by atoms with van der Waals surface area (Å²) in [5, 5.41) is 11.8. The zero-order chi connectivity index (χ0) is 20.0. The molecular formula is C20H21ClN4OS. The summed E-state index contributed by atoms with van der Waals surface area (Å²) < 4.78 is 0. The van der Waals surface area contributed by atoms with E-state index in [-0.39, 0.29) is 11.9 Å². The first-order valence-corrected chi connectivity index (χ1v) is 9.75. The summed E-state index contributed by atoms with van der Waals surface area (Å²) in [4.78, 5) is 20.0. The van der Waals surface area contributed by atoms with Gasteiger partial charge in [-0.3, -0.25) is 9.69 Å². The molecule has 2 atom stereocenters. The van der Waals surface area contributed by atoms with Crippen molar-refractivity contribution in [2.75, 3.05) is 7.05 Å². The molecule has 1 aromatic heterocycles. The Hall–Kier alpha value is -2.36. The molecule has 2 N–H and O–H groups in total. The Morgan fingerprint density at radius 3 is 2.48 bits per heavy atom. The molecule has 140 valence electrons. The predicted molar refractivity (Wildman–Crippen MR) is 109 cm³/mol. The minimum absolute atomic E-state index is 0.137. The lowest BCUT2D eigenvalue weighted by Crippen LogP contribution is -2.52. The number of thiophene rings is 1. The Kier molecular flexibility index (Phi) is 4.79. The van der Waals surface area contributed by atoms with Crippen molar-refractivity contribution < 1.29 is 4.79 Å². The molecule has 0 bridgehead atoms. The van der Waals surface area contributed by atoms with Crippen LogP contribution in [-0.2, 0) is 15.7 Å². The molecule has 7 heteroatoms. The molecular weight excluding hydrogens is 380 g/mol. The fraction of sp³-hybridized carbons (Fsp3) is 0.350. The molecule has 0 radical (unpaired) electrons.